The van der Waals surface area contributed by atoms with Crippen LogP contribution < -0.4 is 9.64 Å². The monoisotopic (exact) mass is 331 g/mol. The van der Waals surface area contributed by atoms with Crippen molar-refractivity contribution in [1.82, 2.24) is 4.90 Å². The number of hydrogen-bond acceptors (Lipinski definition) is 2. The standard InChI is InChI=1S/C20H30N2O2/c1-2-24-19-8-6-17(7-9-19)16-21-14-10-18(11-15-21)20(23)22-12-4-3-5-13-22/h6-9,18H,2-5,10-16H2,1H3/p+1. The van der Waals surface area contributed by atoms with Gasteiger partial charge in [-0.05, 0) is 50.5 Å². The van der Waals surface area contributed by atoms with Crippen LogP contribution >= 0.6 is 0 Å². The van der Waals surface area contributed by atoms with Gasteiger partial charge >= 0.3 is 0 Å². The molecule has 0 saturated carbocycles. The van der Waals surface area contributed by atoms with Crippen molar-refractivity contribution in [2.75, 3.05) is 32.8 Å². The summed E-state index contributed by atoms with van der Waals surface area (Å²) in [7, 11) is 0. The van der Waals surface area contributed by atoms with E-state index in [4.69, 9.17) is 4.74 Å². The van der Waals surface area contributed by atoms with Gasteiger partial charge in [0.25, 0.3) is 0 Å². The molecule has 1 aromatic rings. The van der Waals surface area contributed by atoms with Gasteiger partial charge in [0, 0.05) is 37.4 Å². The van der Waals surface area contributed by atoms with Gasteiger partial charge in [-0.25, -0.2) is 0 Å². The van der Waals surface area contributed by atoms with E-state index in [0.717, 1.165) is 51.3 Å². The van der Waals surface area contributed by atoms with Gasteiger partial charge in [0.05, 0.1) is 19.7 Å². The van der Waals surface area contributed by atoms with Crippen molar-refractivity contribution in [1.29, 1.82) is 0 Å². The quantitative estimate of drug-likeness (QED) is 0.894. The summed E-state index contributed by atoms with van der Waals surface area (Å²) in [4.78, 5) is 16.3. The predicted octanol–water partition coefficient (Wildman–Crippen LogP) is 1.89. The molecule has 0 radical (unpaired) electrons. The number of nitrogens with one attached hydrogen (secondary N) is 1. The SMILES string of the molecule is CCOc1ccc(C[NH+]2CCC(C(=O)N3CCCCC3)CC2)cc1. The van der Waals surface area contributed by atoms with E-state index in [1.807, 2.05) is 6.92 Å². The van der Waals surface area contributed by atoms with Gasteiger partial charge in [-0.1, -0.05) is 0 Å². The maximum atomic E-state index is 12.6. The molecule has 2 saturated heterocycles. The van der Waals surface area contributed by atoms with Crippen LogP contribution in [0.15, 0.2) is 24.3 Å². The van der Waals surface area contributed by atoms with Crippen molar-refractivity contribution in [3.63, 3.8) is 0 Å². The van der Waals surface area contributed by atoms with E-state index < -0.39 is 0 Å². The Balaban J connectivity index is 1.45. The highest BCUT2D eigenvalue weighted by Crippen LogP contribution is 2.18. The van der Waals surface area contributed by atoms with Gasteiger partial charge in [-0.15, -0.1) is 0 Å². The molecule has 2 aliphatic rings. The second-order valence-corrected chi connectivity index (χ2v) is 7.16. The van der Waals surface area contributed by atoms with Crippen LogP contribution in [0.4, 0.5) is 0 Å². The second kappa shape index (κ2) is 8.52. The van der Waals surface area contributed by atoms with Crippen molar-refractivity contribution in [2.45, 2.75) is 45.6 Å². The normalized spacial score (nSPS) is 24.6. The van der Waals surface area contributed by atoms with Crippen molar-refractivity contribution < 1.29 is 14.4 Å². The third-order valence-electron chi connectivity index (χ3n) is 5.40. The van der Waals surface area contributed by atoms with E-state index in [1.54, 1.807) is 4.90 Å². The Morgan fingerprint density at radius 2 is 1.79 bits per heavy atom. The lowest BCUT2D eigenvalue weighted by molar-refractivity contribution is -0.919. The van der Waals surface area contributed by atoms with Crippen LogP contribution in [0.2, 0.25) is 0 Å². The third-order valence-corrected chi connectivity index (χ3v) is 5.40. The molecule has 1 aromatic carbocycles. The summed E-state index contributed by atoms with van der Waals surface area (Å²) in [5.41, 5.74) is 1.36. The Kier molecular flexibility index (Phi) is 6.13. The minimum atomic E-state index is 0.271. The van der Waals surface area contributed by atoms with Crippen molar-refractivity contribution in [3.05, 3.63) is 29.8 Å². The van der Waals surface area contributed by atoms with Gasteiger partial charge in [-0.2, -0.15) is 0 Å². The molecule has 0 aromatic heterocycles. The summed E-state index contributed by atoms with van der Waals surface area (Å²) >= 11 is 0. The Morgan fingerprint density at radius 1 is 1.12 bits per heavy atom. The molecule has 2 aliphatic heterocycles. The maximum absolute atomic E-state index is 12.6. The summed E-state index contributed by atoms with van der Waals surface area (Å²) in [5, 5.41) is 0. The first-order valence-electron chi connectivity index (χ1n) is 9.60. The highest BCUT2D eigenvalue weighted by Gasteiger charge is 2.30. The van der Waals surface area contributed by atoms with Gasteiger partial charge < -0.3 is 14.5 Å². The van der Waals surface area contributed by atoms with Crippen LogP contribution in [-0.2, 0) is 11.3 Å². The lowest BCUT2D eigenvalue weighted by Crippen LogP contribution is -3.11. The Bertz CT molecular complexity index is 515. The average molecular weight is 331 g/mol. The zero-order chi connectivity index (χ0) is 16.8. The second-order valence-electron chi connectivity index (χ2n) is 7.16. The minimum Gasteiger partial charge on any atom is -0.494 e. The van der Waals surface area contributed by atoms with Gasteiger partial charge in [-0.3, -0.25) is 4.79 Å². The first-order valence-corrected chi connectivity index (χ1v) is 9.60. The summed E-state index contributed by atoms with van der Waals surface area (Å²) in [6.45, 7) is 7.96. The zero-order valence-corrected chi connectivity index (χ0v) is 14.9. The molecular formula is C20H31N2O2+. The highest BCUT2D eigenvalue weighted by molar-refractivity contribution is 5.79. The van der Waals surface area contributed by atoms with Crippen LogP contribution in [0.1, 0.15) is 44.6 Å². The van der Waals surface area contributed by atoms with Crippen LogP contribution in [0.25, 0.3) is 0 Å². The zero-order valence-electron chi connectivity index (χ0n) is 14.9. The average Bonchev–Trinajstić information content (AvgIpc) is 2.64. The van der Waals surface area contributed by atoms with E-state index in [9.17, 15) is 4.79 Å². The molecule has 0 spiro atoms. The summed E-state index contributed by atoms with van der Waals surface area (Å²) in [6.07, 6.45) is 5.75. The molecule has 2 fully saturated rings. The predicted molar refractivity (Wildman–Crippen MR) is 95.2 cm³/mol. The van der Waals surface area contributed by atoms with Gasteiger partial charge in [0.1, 0.15) is 12.3 Å². The molecule has 1 amide bonds. The van der Waals surface area contributed by atoms with Crippen molar-refractivity contribution in [3.8, 4) is 5.75 Å². The smallest absolute Gasteiger partial charge is 0.226 e. The van der Waals surface area contributed by atoms with E-state index in [0.29, 0.717) is 12.5 Å². The Hall–Kier alpha value is -1.55. The van der Waals surface area contributed by atoms with Crippen molar-refractivity contribution in [2.24, 2.45) is 5.92 Å². The number of likely N-dealkylation sites (tertiary alicyclic amines) is 2. The van der Waals surface area contributed by atoms with E-state index in [2.05, 4.69) is 29.2 Å². The molecule has 0 bridgehead atoms. The van der Waals surface area contributed by atoms with Crippen LogP contribution in [-0.4, -0.2) is 43.6 Å². The summed E-state index contributed by atoms with van der Waals surface area (Å²) < 4.78 is 5.50. The number of piperidine rings is 2. The summed E-state index contributed by atoms with van der Waals surface area (Å²) in [6, 6.07) is 8.46. The molecule has 0 atom stereocenters. The lowest BCUT2D eigenvalue weighted by atomic mass is 9.94. The van der Waals surface area contributed by atoms with E-state index in [-0.39, 0.29) is 5.92 Å². The number of quaternary nitrogens is 1. The first-order chi connectivity index (χ1) is 11.8. The van der Waals surface area contributed by atoms with Crippen LogP contribution in [0.3, 0.4) is 0 Å². The van der Waals surface area contributed by atoms with Gasteiger partial charge in [0.15, 0.2) is 0 Å². The molecule has 4 heteroatoms. The number of nitrogens with zero attached hydrogens (tertiary/aromatic N) is 1. The number of carbonyl (C=O) groups excluding carboxylic acids is 1. The fourth-order valence-corrected chi connectivity index (χ4v) is 3.98. The number of ether oxygens (including phenoxy) is 1. The topological polar surface area (TPSA) is 34.0 Å². The van der Waals surface area contributed by atoms with E-state index in [1.165, 1.54) is 24.8 Å². The Morgan fingerprint density at radius 3 is 2.42 bits per heavy atom. The first kappa shape index (κ1) is 17.3. The molecule has 24 heavy (non-hydrogen) atoms. The molecule has 4 nitrogen and oxygen atoms in total. The summed E-state index contributed by atoms with van der Waals surface area (Å²) in [5.74, 6) is 1.64. The van der Waals surface area contributed by atoms with Crippen LogP contribution in [0, 0.1) is 5.92 Å². The fraction of sp³-hybridized carbons (Fsp3) is 0.650. The van der Waals surface area contributed by atoms with Crippen LogP contribution in [0.5, 0.6) is 5.75 Å². The molecule has 0 aliphatic carbocycles. The van der Waals surface area contributed by atoms with E-state index >= 15 is 0 Å². The molecular weight excluding hydrogens is 300 g/mol. The third kappa shape index (κ3) is 4.50. The molecule has 2 heterocycles. The molecule has 0 unspecified atom stereocenters. The number of benzene rings is 1. The fourth-order valence-electron chi connectivity index (χ4n) is 3.98. The largest absolute Gasteiger partial charge is 0.494 e. The number of rotatable bonds is 5. The minimum absolute atomic E-state index is 0.271. The van der Waals surface area contributed by atoms with Crippen molar-refractivity contribution >= 4 is 5.91 Å². The molecule has 132 valence electrons. The van der Waals surface area contributed by atoms with Gasteiger partial charge in [0.2, 0.25) is 5.91 Å². The number of carbonyl (C=O) groups is 1. The Labute approximate surface area is 145 Å². The lowest BCUT2D eigenvalue weighted by Gasteiger charge is -2.34. The highest BCUT2D eigenvalue weighted by atomic mass is 16.5. The maximum Gasteiger partial charge on any atom is 0.226 e. The molecule has 3 rings (SSSR count). The molecule has 1 N–H and O–H groups in total. The number of amides is 1. The number of hydrogen-bond donors (Lipinski definition) is 1.